The van der Waals surface area contributed by atoms with E-state index < -0.39 is 6.17 Å². The maximum atomic E-state index is 12.5. The molecule has 3 heteroatoms. The van der Waals surface area contributed by atoms with Crippen molar-refractivity contribution in [1.82, 2.24) is 0 Å². The Kier molecular flexibility index (Phi) is 2.03. The van der Waals surface area contributed by atoms with Gasteiger partial charge < -0.3 is 11.5 Å². The Morgan fingerprint density at radius 1 is 1.11 bits per heavy atom. The van der Waals surface area contributed by atoms with Crippen LogP contribution < -0.4 is 11.5 Å². The van der Waals surface area contributed by atoms with Gasteiger partial charge in [0.1, 0.15) is 6.17 Å². The molecule has 1 aliphatic carbocycles. The van der Waals surface area contributed by atoms with Crippen molar-refractivity contribution in [2.24, 2.45) is 11.5 Å². The Morgan fingerprint density at radius 3 is 2.22 bits per heavy atom. The zero-order chi connectivity index (χ0) is 6.85. The number of hydrogen-bond donors (Lipinski definition) is 2. The van der Waals surface area contributed by atoms with Crippen LogP contribution in [0.1, 0.15) is 19.3 Å². The molecule has 0 heterocycles. The highest BCUT2D eigenvalue weighted by Crippen LogP contribution is 2.18. The third kappa shape index (κ3) is 1.63. The third-order valence-corrected chi connectivity index (χ3v) is 1.89. The molecule has 0 aliphatic heterocycles. The second-order valence-corrected chi connectivity index (χ2v) is 2.74. The van der Waals surface area contributed by atoms with E-state index in [9.17, 15) is 4.39 Å². The first kappa shape index (κ1) is 6.96. The van der Waals surface area contributed by atoms with Crippen LogP contribution in [-0.2, 0) is 0 Å². The van der Waals surface area contributed by atoms with Crippen molar-refractivity contribution in [3.63, 3.8) is 0 Å². The van der Waals surface area contributed by atoms with Crippen molar-refractivity contribution < 1.29 is 4.39 Å². The van der Waals surface area contributed by atoms with Gasteiger partial charge in [-0.2, -0.15) is 0 Å². The number of nitrogens with two attached hydrogens (primary N) is 2. The summed E-state index contributed by atoms with van der Waals surface area (Å²) in [6.45, 7) is 0. The standard InChI is InChI=1S/C6H13FN2/c7-4-1-2-5(8)6(9)3-4/h4-6H,1-3,8-9H2/t4?,5-,6+/m0/s1. The van der Waals surface area contributed by atoms with E-state index in [2.05, 4.69) is 0 Å². The average Bonchev–Trinajstić information content (AvgIpc) is 1.80. The maximum Gasteiger partial charge on any atom is 0.102 e. The molecule has 54 valence electrons. The van der Waals surface area contributed by atoms with Gasteiger partial charge in [0.15, 0.2) is 0 Å². The molecule has 0 aromatic heterocycles. The lowest BCUT2D eigenvalue weighted by Gasteiger charge is -2.27. The molecule has 0 spiro atoms. The van der Waals surface area contributed by atoms with E-state index in [4.69, 9.17) is 11.5 Å². The normalized spacial score (nSPS) is 45.0. The van der Waals surface area contributed by atoms with Gasteiger partial charge in [-0.05, 0) is 19.3 Å². The number of alkyl halides is 1. The van der Waals surface area contributed by atoms with E-state index in [1.54, 1.807) is 0 Å². The summed E-state index contributed by atoms with van der Waals surface area (Å²) in [7, 11) is 0. The first-order chi connectivity index (χ1) is 4.20. The molecule has 9 heavy (non-hydrogen) atoms. The lowest BCUT2D eigenvalue weighted by Crippen LogP contribution is -2.46. The van der Waals surface area contributed by atoms with Crippen molar-refractivity contribution in [2.45, 2.75) is 37.5 Å². The molecule has 1 rings (SSSR count). The molecule has 1 fully saturated rings. The summed E-state index contributed by atoms with van der Waals surface area (Å²) in [6, 6.07) is -0.0919. The van der Waals surface area contributed by atoms with Crippen LogP contribution in [0.2, 0.25) is 0 Å². The van der Waals surface area contributed by atoms with Crippen LogP contribution in [0.4, 0.5) is 4.39 Å². The minimum atomic E-state index is -0.709. The topological polar surface area (TPSA) is 52.0 Å². The summed E-state index contributed by atoms with van der Waals surface area (Å²) in [5.41, 5.74) is 11.1. The van der Waals surface area contributed by atoms with Crippen molar-refractivity contribution in [2.75, 3.05) is 0 Å². The molecule has 0 bridgehead atoms. The van der Waals surface area contributed by atoms with E-state index in [1.807, 2.05) is 0 Å². The monoisotopic (exact) mass is 132 g/mol. The average molecular weight is 132 g/mol. The molecule has 0 amide bonds. The van der Waals surface area contributed by atoms with Crippen LogP contribution in [-0.4, -0.2) is 18.3 Å². The second kappa shape index (κ2) is 2.62. The van der Waals surface area contributed by atoms with Gasteiger partial charge in [-0.25, -0.2) is 4.39 Å². The van der Waals surface area contributed by atoms with Gasteiger partial charge in [-0.1, -0.05) is 0 Å². The molecular formula is C6H13FN2. The second-order valence-electron chi connectivity index (χ2n) is 2.74. The van der Waals surface area contributed by atoms with Crippen LogP contribution in [0.15, 0.2) is 0 Å². The van der Waals surface area contributed by atoms with Crippen LogP contribution >= 0.6 is 0 Å². The lowest BCUT2D eigenvalue weighted by molar-refractivity contribution is 0.215. The van der Waals surface area contributed by atoms with E-state index in [0.29, 0.717) is 12.8 Å². The Morgan fingerprint density at radius 2 is 1.78 bits per heavy atom. The molecule has 3 atom stereocenters. The van der Waals surface area contributed by atoms with E-state index >= 15 is 0 Å². The fourth-order valence-corrected chi connectivity index (χ4v) is 1.18. The highest BCUT2D eigenvalue weighted by Gasteiger charge is 2.24. The van der Waals surface area contributed by atoms with E-state index in [1.165, 1.54) is 0 Å². The summed E-state index contributed by atoms with van der Waals surface area (Å²) in [5, 5.41) is 0. The van der Waals surface area contributed by atoms with Gasteiger partial charge >= 0.3 is 0 Å². The zero-order valence-corrected chi connectivity index (χ0v) is 5.39. The Balaban J connectivity index is 2.35. The van der Waals surface area contributed by atoms with Crippen molar-refractivity contribution >= 4 is 0 Å². The smallest absolute Gasteiger partial charge is 0.102 e. The SMILES string of the molecule is N[C@@H]1CC(F)CC[C@@H]1N. The highest BCUT2D eigenvalue weighted by atomic mass is 19.1. The zero-order valence-electron chi connectivity index (χ0n) is 5.39. The number of halogens is 1. The molecular weight excluding hydrogens is 119 g/mol. The highest BCUT2D eigenvalue weighted by molar-refractivity contribution is 4.84. The maximum absolute atomic E-state index is 12.5. The third-order valence-electron chi connectivity index (χ3n) is 1.89. The minimum absolute atomic E-state index is 0.0250. The van der Waals surface area contributed by atoms with Crippen molar-refractivity contribution in [1.29, 1.82) is 0 Å². The summed E-state index contributed by atoms with van der Waals surface area (Å²) >= 11 is 0. The van der Waals surface area contributed by atoms with Gasteiger partial charge in [0.25, 0.3) is 0 Å². The molecule has 1 aliphatic rings. The number of rotatable bonds is 0. The Bertz CT molecular complexity index is 97.1. The Hall–Kier alpha value is -0.150. The number of hydrogen-bond acceptors (Lipinski definition) is 2. The molecule has 1 unspecified atom stereocenters. The van der Waals surface area contributed by atoms with Crippen LogP contribution in [0.3, 0.4) is 0 Å². The first-order valence-corrected chi connectivity index (χ1v) is 3.35. The molecule has 0 radical (unpaired) electrons. The van der Waals surface area contributed by atoms with Gasteiger partial charge in [0.2, 0.25) is 0 Å². The summed E-state index contributed by atoms with van der Waals surface area (Å²) in [6.07, 6.45) is 1.07. The van der Waals surface area contributed by atoms with Gasteiger partial charge in [-0.3, -0.25) is 0 Å². The molecule has 1 saturated carbocycles. The minimum Gasteiger partial charge on any atom is -0.326 e. The van der Waals surface area contributed by atoms with Crippen LogP contribution in [0.5, 0.6) is 0 Å². The summed E-state index contributed by atoms with van der Waals surface area (Å²) in [5.74, 6) is 0. The van der Waals surface area contributed by atoms with E-state index in [-0.39, 0.29) is 12.1 Å². The molecule has 4 N–H and O–H groups in total. The Labute approximate surface area is 54.4 Å². The van der Waals surface area contributed by atoms with Crippen LogP contribution in [0.25, 0.3) is 0 Å². The predicted molar refractivity (Wildman–Crippen MR) is 34.7 cm³/mol. The quantitative estimate of drug-likeness (QED) is 0.493. The fraction of sp³-hybridized carbons (Fsp3) is 1.00. The molecule has 2 nitrogen and oxygen atoms in total. The molecule has 0 aromatic carbocycles. The van der Waals surface area contributed by atoms with Gasteiger partial charge in [-0.15, -0.1) is 0 Å². The molecule has 0 aromatic rings. The van der Waals surface area contributed by atoms with Gasteiger partial charge in [0.05, 0.1) is 0 Å². The van der Waals surface area contributed by atoms with Crippen LogP contribution in [0, 0.1) is 0 Å². The fourth-order valence-electron chi connectivity index (χ4n) is 1.18. The van der Waals surface area contributed by atoms with Gasteiger partial charge in [0, 0.05) is 12.1 Å². The largest absolute Gasteiger partial charge is 0.326 e. The van der Waals surface area contributed by atoms with Crippen molar-refractivity contribution in [3.8, 4) is 0 Å². The lowest BCUT2D eigenvalue weighted by atomic mass is 9.90. The predicted octanol–water partition coefficient (Wildman–Crippen LogP) is 0.163. The van der Waals surface area contributed by atoms with E-state index in [0.717, 1.165) is 6.42 Å². The first-order valence-electron chi connectivity index (χ1n) is 3.35. The molecule has 0 saturated heterocycles. The summed E-state index contributed by atoms with van der Waals surface area (Å²) in [4.78, 5) is 0. The summed E-state index contributed by atoms with van der Waals surface area (Å²) < 4.78 is 12.5. The van der Waals surface area contributed by atoms with Crippen molar-refractivity contribution in [3.05, 3.63) is 0 Å².